The van der Waals surface area contributed by atoms with Gasteiger partial charge in [0, 0.05) is 25.7 Å². The summed E-state index contributed by atoms with van der Waals surface area (Å²) < 4.78 is 5.29. The molecule has 156 valence electrons. The van der Waals surface area contributed by atoms with Gasteiger partial charge in [-0.05, 0) is 69.4 Å². The van der Waals surface area contributed by atoms with Crippen molar-refractivity contribution in [3.63, 3.8) is 0 Å². The molecule has 28 heavy (non-hydrogen) atoms. The number of piperidine rings is 1. The highest BCUT2D eigenvalue weighted by Gasteiger charge is 2.53. The maximum Gasteiger partial charge on any atom is 0.233 e. The van der Waals surface area contributed by atoms with Crippen LogP contribution in [0.4, 0.5) is 0 Å². The van der Waals surface area contributed by atoms with Crippen molar-refractivity contribution in [3.8, 4) is 5.75 Å². The van der Waals surface area contributed by atoms with E-state index in [2.05, 4.69) is 27.2 Å². The molecule has 1 atom stereocenters. The fourth-order valence-electron chi connectivity index (χ4n) is 4.72. The van der Waals surface area contributed by atoms with E-state index in [1.165, 1.54) is 32.4 Å². The molecule has 1 aromatic rings. The number of ether oxygens (including phenoxy) is 1. The predicted octanol–water partition coefficient (Wildman–Crippen LogP) is 2.83. The molecule has 0 bridgehead atoms. The van der Waals surface area contributed by atoms with Crippen molar-refractivity contribution >= 4 is 18.3 Å². The quantitative estimate of drug-likeness (QED) is 0.754. The molecule has 6 heteroatoms. The maximum absolute atomic E-state index is 13.7. The number of methoxy groups -OCH3 is 1. The van der Waals surface area contributed by atoms with Gasteiger partial charge in [0.25, 0.3) is 0 Å². The summed E-state index contributed by atoms with van der Waals surface area (Å²) in [6.45, 7) is 6.21. The first-order valence-corrected chi connectivity index (χ1v) is 10.6. The molecule has 2 saturated heterocycles. The molecule has 1 unspecified atom stereocenters. The Morgan fingerprint density at radius 1 is 1.21 bits per heavy atom. The lowest BCUT2D eigenvalue weighted by atomic mass is 9.93. The standard InChI is InChI=1S/C22H33N3O2.ClH/c1-27-20-7-5-18(6-8-20)22(10-11-22)21(26)25(19-9-12-23-17-19)16-15-24-13-3-2-4-14-24;/h5-8,19,23H,2-4,9-17H2,1H3;1H. The smallest absolute Gasteiger partial charge is 0.233 e. The van der Waals surface area contributed by atoms with Crippen LogP contribution < -0.4 is 10.1 Å². The lowest BCUT2D eigenvalue weighted by molar-refractivity contribution is -0.136. The van der Waals surface area contributed by atoms with Crippen LogP contribution in [-0.4, -0.2) is 68.1 Å². The third kappa shape index (κ3) is 4.47. The van der Waals surface area contributed by atoms with Crippen LogP contribution in [-0.2, 0) is 10.2 Å². The molecule has 1 N–H and O–H groups in total. The number of halogens is 1. The average Bonchev–Trinajstić information content (AvgIpc) is 3.37. The number of benzene rings is 1. The first-order chi connectivity index (χ1) is 13.2. The third-order valence-electron chi connectivity index (χ3n) is 6.64. The van der Waals surface area contributed by atoms with Crippen molar-refractivity contribution in [2.24, 2.45) is 0 Å². The van der Waals surface area contributed by atoms with Gasteiger partial charge in [0.2, 0.25) is 5.91 Å². The number of nitrogens with zero attached hydrogens (tertiary/aromatic N) is 2. The summed E-state index contributed by atoms with van der Waals surface area (Å²) in [4.78, 5) is 18.4. The number of nitrogens with one attached hydrogen (secondary N) is 1. The third-order valence-corrected chi connectivity index (χ3v) is 6.64. The fourth-order valence-corrected chi connectivity index (χ4v) is 4.72. The minimum Gasteiger partial charge on any atom is -0.497 e. The predicted molar refractivity (Wildman–Crippen MR) is 114 cm³/mol. The Balaban J connectivity index is 0.00000225. The second-order valence-electron chi connectivity index (χ2n) is 8.36. The van der Waals surface area contributed by atoms with E-state index < -0.39 is 0 Å². The van der Waals surface area contributed by atoms with Gasteiger partial charge in [0.05, 0.1) is 12.5 Å². The van der Waals surface area contributed by atoms with Gasteiger partial charge >= 0.3 is 0 Å². The van der Waals surface area contributed by atoms with Crippen molar-refractivity contribution in [1.82, 2.24) is 15.1 Å². The lowest BCUT2D eigenvalue weighted by Crippen LogP contribution is -2.50. The van der Waals surface area contributed by atoms with Crippen molar-refractivity contribution in [2.45, 2.75) is 50.0 Å². The van der Waals surface area contributed by atoms with Crippen molar-refractivity contribution in [3.05, 3.63) is 29.8 Å². The highest BCUT2D eigenvalue weighted by molar-refractivity contribution is 5.91. The number of amides is 1. The van der Waals surface area contributed by atoms with Gasteiger partial charge in [0.15, 0.2) is 0 Å². The van der Waals surface area contributed by atoms with E-state index in [9.17, 15) is 4.79 Å². The highest BCUT2D eigenvalue weighted by Crippen LogP contribution is 2.50. The zero-order chi connectivity index (χ0) is 18.7. The van der Waals surface area contributed by atoms with E-state index in [4.69, 9.17) is 4.74 Å². The second kappa shape index (κ2) is 9.47. The normalized spacial score (nSPS) is 23.7. The van der Waals surface area contributed by atoms with Crippen LogP contribution in [0.2, 0.25) is 0 Å². The minimum absolute atomic E-state index is 0. The van der Waals surface area contributed by atoms with Crippen LogP contribution in [0, 0.1) is 0 Å². The zero-order valence-electron chi connectivity index (χ0n) is 17.0. The van der Waals surface area contributed by atoms with Crippen molar-refractivity contribution < 1.29 is 9.53 Å². The number of hydrogen-bond acceptors (Lipinski definition) is 4. The number of carbonyl (C=O) groups is 1. The van der Waals surface area contributed by atoms with Gasteiger partial charge < -0.3 is 19.9 Å². The average molecular weight is 408 g/mol. The molecule has 2 heterocycles. The molecule has 5 nitrogen and oxygen atoms in total. The van der Waals surface area contributed by atoms with E-state index >= 15 is 0 Å². The molecule has 4 rings (SSSR count). The molecule has 0 spiro atoms. The molecule has 2 aliphatic heterocycles. The highest BCUT2D eigenvalue weighted by atomic mass is 35.5. The van der Waals surface area contributed by atoms with E-state index in [1.807, 2.05) is 12.1 Å². The molecule has 1 amide bonds. The summed E-state index contributed by atoms with van der Waals surface area (Å²) in [5, 5.41) is 3.45. The molecule has 1 aliphatic carbocycles. The minimum atomic E-state index is -0.295. The van der Waals surface area contributed by atoms with Gasteiger partial charge in [-0.1, -0.05) is 18.6 Å². The van der Waals surface area contributed by atoms with Crippen molar-refractivity contribution in [2.75, 3.05) is 46.4 Å². The number of carbonyl (C=O) groups excluding carboxylic acids is 1. The number of hydrogen-bond donors (Lipinski definition) is 1. The topological polar surface area (TPSA) is 44.8 Å². The van der Waals surface area contributed by atoms with Crippen LogP contribution >= 0.6 is 12.4 Å². The Morgan fingerprint density at radius 3 is 2.50 bits per heavy atom. The van der Waals surface area contributed by atoms with Gasteiger partial charge in [-0.25, -0.2) is 0 Å². The Bertz CT molecular complexity index is 636. The molecule has 1 aromatic carbocycles. The van der Waals surface area contributed by atoms with Crippen LogP contribution in [0.1, 0.15) is 44.1 Å². The molecule has 1 saturated carbocycles. The van der Waals surface area contributed by atoms with Crippen LogP contribution in [0.5, 0.6) is 5.75 Å². The summed E-state index contributed by atoms with van der Waals surface area (Å²) in [5.41, 5.74) is 0.860. The summed E-state index contributed by atoms with van der Waals surface area (Å²) in [7, 11) is 1.68. The van der Waals surface area contributed by atoms with E-state index in [1.54, 1.807) is 7.11 Å². The molecular weight excluding hydrogens is 374 g/mol. The Hall–Kier alpha value is -1.30. The first-order valence-electron chi connectivity index (χ1n) is 10.6. The molecule has 3 aliphatic rings. The molecule has 0 radical (unpaired) electrons. The first kappa shape index (κ1) is 21.4. The molecule has 3 fully saturated rings. The van der Waals surface area contributed by atoms with Gasteiger partial charge in [-0.2, -0.15) is 0 Å². The van der Waals surface area contributed by atoms with Crippen LogP contribution in [0.3, 0.4) is 0 Å². The lowest BCUT2D eigenvalue weighted by Gasteiger charge is -2.35. The Morgan fingerprint density at radius 2 is 1.93 bits per heavy atom. The van der Waals surface area contributed by atoms with Gasteiger partial charge in [-0.3, -0.25) is 4.79 Å². The fraction of sp³-hybridized carbons (Fsp3) is 0.682. The maximum atomic E-state index is 13.7. The molecule has 0 aromatic heterocycles. The summed E-state index contributed by atoms with van der Waals surface area (Å²) >= 11 is 0. The summed E-state index contributed by atoms with van der Waals surface area (Å²) in [6.07, 6.45) is 6.97. The second-order valence-corrected chi connectivity index (χ2v) is 8.36. The van der Waals surface area contributed by atoms with Crippen LogP contribution in [0.25, 0.3) is 0 Å². The largest absolute Gasteiger partial charge is 0.497 e. The Kier molecular flexibility index (Phi) is 7.24. The zero-order valence-corrected chi connectivity index (χ0v) is 17.8. The van der Waals surface area contributed by atoms with Gasteiger partial charge in [-0.15, -0.1) is 12.4 Å². The Labute approximate surface area is 175 Å². The number of likely N-dealkylation sites (tertiary alicyclic amines) is 1. The van der Waals surface area contributed by atoms with E-state index in [0.29, 0.717) is 11.9 Å². The van der Waals surface area contributed by atoms with Crippen molar-refractivity contribution in [1.29, 1.82) is 0 Å². The number of rotatable bonds is 7. The SMILES string of the molecule is COc1ccc(C2(C(=O)N(CCN3CCCCC3)C3CCNC3)CC2)cc1.Cl. The van der Waals surface area contributed by atoms with Crippen LogP contribution in [0.15, 0.2) is 24.3 Å². The van der Waals surface area contributed by atoms with E-state index in [-0.39, 0.29) is 17.8 Å². The summed E-state index contributed by atoms with van der Waals surface area (Å²) in [5.74, 6) is 1.20. The van der Waals surface area contributed by atoms with E-state index in [0.717, 1.165) is 56.8 Å². The molecular formula is C22H34ClN3O2. The van der Waals surface area contributed by atoms with Gasteiger partial charge in [0.1, 0.15) is 5.75 Å². The summed E-state index contributed by atoms with van der Waals surface area (Å²) in [6, 6.07) is 8.48. The monoisotopic (exact) mass is 407 g/mol.